The Balaban J connectivity index is 1.74. The molecule has 0 fully saturated rings. The molecule has 128 valence electrons. The first-order chi connectivity index (χ1) is 10.8. The number of amides is 1. The summed E-state index contributed by atoms with van der Waals surface area (Å²) in [7, 11) is 0. The van der Waals surface area contributed by atoms with Crippen LogP contribution in [0.1, 0.15) is 52.1 Å². The molecule has 2 rings (SSSR count). The summed E-state index contributed by atoms with van der Waals surface area (Å²) in [5.41, 5.74) is 0.750. The van der Waals surface area contributed by atoms with E-state index in [1.165, 1.54) is 5.56 Å². The molecule has 2 atom stereocenters. The molecular formula is C18H28N2O3. The third-order valence-corrected chi connectivity index (χ3v) is 3.69. The van der Waals surface area contributed by atoms with Crippen molar-refractivity contribution < 1.29 is 14.3 Å². The topological polar surface area (TPSA) is 59.6 Å². The van der Waals surface area contributed by atoms with Crippen molar-refractivity contribution in [1.82, 2.24) is 10.6 Å². The number of benzene rings is 1. The molecule has 0 saturated heterocycles. The molecule has 0 aromatic heterocycles. The predicted molar refractivity (Wildman–Crippen MR) is 90.7 cm³/mol. The molecule has 1 amide bonds. The van der Waals surface area contributed by atoms with E-state index in [1.54, 1.807) is 0 Å². The van der Waals surface area contributed by atoms with E-state index in [4.69, 9.17) is 9.47 Å². The molecule has 1 aliphatic heterocycles. The van der Waals surface area contributed by atoms with Gasteiger partial charge in [0.05, 0.1) is 6.61 Å². The minimum absolute atomic E-state index is 0.0624. The Hall–Kier alpha value is -1.75. The average molecular weight is 320 g/mol. The number of fused-ring (bicyclic) bond motifs is 1. The Morgan fingerprint density at radius 1 is 1.39 bits per heavy atom. The van der Waals surface area contributed by atoms with E-state index in [0.29, 0.717) is 6.04 Å². The van der Waals surface area contributed by atoms with Crippen LogP contribution in [0.4, 0.5) is 4.79 Å². The second-order valence-electron chi connectivity index (χ2n) is 7.02. The van der Waals surface area contributed by atoms with Gasteiger partial charge in [-0.3, -0.25) is 0 Å². The SMILES string of the molecule is CC(CCNC1CCOc2ccccc21)NC(=O)OC(C)(C)C. The van der Waals surface area contributed by atoms with Gasteiger partial charge in [-0.25, -0.2) is 4.79 Å². The first-order valence-electron chi connectivity index (χ1n) is 8.30. The van der Waals surface area contributed by atoms with Crippen LogP contribution >= 0.6 is 0 Å². The molecule has 2 N–H and O–H groups in total. The summed E-state index contributed by atoms with van der Waals surface area (Å²) in [5.74, 6) is 0.969. The molecule has 0 spiro atoms. The van der Waals surface area contributed by atoms with Gasteiger partial charge in [-0.1, -0.05) is 18.2 Å². The normalized spacial score (nSPS) is 18.5. The van der Waals surface area contributed by atoms with Crippen LogP contribution in [0.5, 0.6) is 5.75 Å². The first kappa shape index (κ1) is 17.6. The lowest BCUT2D eigenvalue weighted by atomic mass is 10.0. The highest BCUT2D eigenvalue weighted by molar-refractivity contribution is 5.68. The Morgan fingerprint density at radius 2 is 2.13 bits per heavy atom. The Kier molecular flexibility index (Phi) is 5.88. The van der Waals surface area contributed by atoms with Gasteiger partial charge in [0, 0.05) is 24.1 Å². The second kappa shape index (κ2) is 7.68. The van der Waals surface area contributed by atoms with Crippen molar-refractivity contribution in [2.24, 2.45) is 0 Å². The van der Waals surface area contributed by atoms with E-state index in [9.17, 15) is 4.79 Å². The predicted octanol–water partition coefficient (Wildman–Crippen LogP) is 3.40. The van der Waals surface area contributed by atoms with Gasteiger partial charge < -0.3 is 20.1 Å². The van der Waals surface area contributed by atoms with Gasteiger partial charge in [0.25, 0.3) is 0 Å². The van der Waals surface area contributed by atoms with Crippen LogP contribution in [0.3, 0.4) is 0 Å². The number of nitrogens with one attached hydrogen (secondary N) is 2. The standard InChI is InChI=1S/C18H28N2O3/c1-13(20-17(21)23-18(2,3)4)9-11-19-15-10-12-22-16-8-6-5-7-14(15)16/h5-8,13,15,19H,9-12H2,1-4H3,(H,20,21). The highest BCUT2D eigenvalue weighted by Crippen LogP contribution is 2.31. The third-order valence-electron chi connectivity index (χ3n) is 3.69. The van der Waals surface area contributed by atoms with Gasteiger partial charge in [0.1, 0.15) is 11.4 Å². The molecule has 2 unspecified atom stereocenters. The zero-order valence-electron chi connectivity index (χ0n) is 14.5. The summed E-state index contributed by atoms with van der Waals surface area (Å²) >= 11 is 0. The maximum atomic E-state index is 11.7. The quantitative estimate of drug-likeness (QED) is 0.873. The fraction of sp³-hybridized carbons (Fsp3) is 0.611. The number of carbonyl (C=O) groups excluding carboxylic acids is 1. The summed E-state index contributed by atoms with van der Waals surface area (Å²) in [4.78, 5) is 11.7. The fourth-order valence-corrected chi connectivity index (χ4v) is 2.61. The monoisotopic (exact) mass is 320 g/mol. The summed E-state index contributed by atoms with van der Waals surface area (Å²) in [6, 6.07) is 8.52. The summed E-state index contributed by atoms with van der Waals surface area (Å²) < 4.78 is 10.9. The van der Waals surface area contributed by atoms with Crippen LogP contribution in [-0.4, -0.2) is 30.9 Å². The number of alkyl carbamates (subject to hydrolysis) is 1. The van der Waals surface area contributed by atoms with Crippen LogP contribution < -0.4 is 15.4 Å². The third kappa shape index (κ3) is 5.75. The van der Waals surface area contributed by atoms with Crippen LogP contribution in [0.2, 0.25) is 0 Å². The minimum atomic E-state index is -0.464. The van der Waals surface area contributed by atoms with Crippen molar-refractivity contribution >= 4 is 6.09 Å². The van der Waals surface area contributed by atoms with Crippen LogP contribution in [0.15, 0.2) is 24.3 Å². The Bertz CT molecular complexity index is 525. The average Bonchev–Trinajstić information content (AvgIpc) is 2.45. The number of carbonyl (C=O) groups is 1. The van der Waals surface area contributed by atoms with Crippen LogP contribution in [0, 0.1) is 0 Å². The van der Waals surface area contributed by atoms with E-state index in [2.05, 4.69) is 16.7 Å². The zero-order chi connectivity index (χ0) is 16.9. The molecule has 5 heteroatoms. The van der Waals surface area contributed by atoms with E-state index in [0.717, 1.165) is 31.7 Å². The van der Waals surface area contributed by atoms with Crippen LogP contribution in [-0.2, 0) is 4.74 Å². The highest BCUT2D eigenvalue weighted by atomic mass is 16.6. The lowest BCUT2D eigenvalue weighted by Gasteiger charge is -2.27. The van der Waals surface area contributed by atoms with Crippen molar-refractivity contribution in [3.05, 3.63) is 29.8 Å². The van der Waals surface area contributed by atoms with Crippen molar-refractivity contribution in [1.29, 1.82) is 0 Å². The lowest BCUT2D eigenvalue weighted by Crippen LogP contribution is -2.39. The largest absolute Gasteiger partial charge is 0.493 e. The van der Waals surface area contributed by atoms with Gasteiger partial charge in [-0.2, -0.15) is 0 Å². The maximum absolute atomic E-state index is 11.7. The summed E-state index contributed by atoms with van der Waals surface area (Å²) in [5, 5.41) is 6.43. The van der Waals surface area contributed by atoms with Gasteiger partial charge in [0.2, 0.25) is 0 Å². The van der Waals surface area contributed by atoms with Gasteiger partial charge in [-0.15, -0.1) is 0 Å². The first-order valence-corrected chi connectivity index (χ1v) is 8.30. The molecule has 1 heterocycles. The molecule has 0 radical (unpaired) electrons. The molecule has 0 bridgehead atoms. The van der Waals surface area contributed by atoms with Crippen molar-refractivity contribution in [2.45, 2.75) is 58.2 Å². The second-order valence-corrected chi connectivity index (χ2v) is 7.02. The zero-order valence-corrected chi connectivity index (χ0v) is 14.5. The highest BCUT2D eigenvalue weighted by Gasteiger charge is 2.21. The maximum Gasteiger partial charge on any atom is 0.407 e. The molecule has 1 aromatic carbocycles. The molecule has 5 nitrogen and oxygen atoms in total. The van der Waals surface area contributed by atoms with Crippen LogP contribution in [0.25, 0.3) is 0 Å². The van der Waals surface area contributed by atoms with Crippen molar-refractivity contribution in [3.8, 4) is 5.75 Å². The molecule has 23 heavy (non-hydrogen) atoms. The lowest BCUT2D eigenvalue weighted by molar-refractivity contribution is 0.0506. The van der Waals surface area contributed by atoms with Crippen molar-refractivity contribution in [2.75, 3.05) is 13.2 Å². The molecular weight excluding hydrogens is 292 g/mol. The number of para-hydroxylation sites is 1. The summed E-state index contributed by atoms with van der Waals surface area (Å²) in [6.45, 7) is 9.14. The fourth-order valence-electron chi connectivity index (χ4n) is 2.61. The number of rotatable bonds is 5. The van der Waals surface area contributed by atoms with E-state index >= 15 is 0 Å². The number of hydrogen-bond donors (Lipinski definition) is 2. The van der Waals surface area contributed by atoms with Gasteiger partial charge in [-0.05, 0) is 46.7 Å². The summed E-state index contributed by atoms with van der Waals surface area (Å²) in [6.07, 6.45) is 1.45. The van der Waals surface area contributed by atoms with E-state index in [1.807, 2.05) is 45.9 Å². The Morgan fingerprint density at radius 3 is 2.87 bits per heavy atom. The molecule has 0 aliphatic carbocycles. The number of ether oxygens (including phenoxy) is 2. The Labute approximate surface area is 138 Å². The van der Waals surface area contributed by atoms with E-state index < -0.39 is 5.60 Å². The van der Waals surface area contributed by atoms with Crippen molar-refractivity contribution in [3.63, 3.8) is 0 Å². The molecule has 1 aromatic rings. The molecule has 0 saturated carbocycles. The molecule has 1 aliphatic rings. The smallest absolute Gasteiger partial charge is 0.407 e. The minimum Gasteiger partial charge on any atom is -0.493 e. The van der Waals surface area contributed by atoms with E-state index in [-0.39, 0.29) is 12.1 Å². The van der Waals surface area contributed by atoms with Gasteiger partial charge in [0.15, 0.2) is 0 Å². The number of hydrogen-bond acceptors (Lipinski definition) is 4. The van der Waals surface area contributed by atoms with Gasteiger partial charge >= 0.3 is 6.09 Å².